The highest BCUT2D eigenvalue weighted by atomic mass is 35.7. The maximum atomic E-state index is 8.49. The van der Waals surface area contributed by atoms with Crippen molar-refractivity contribution in [3.05, 3.63) is 42.6 Å². The third kappa shape index (κ3) is 5.95. The number of nitrogen functional groups attached to an aromatic ring is 2. The summed E-state index contributed by atoms with van der Waals surface area (Å²) in [6.07, 6.45) is 1.57. The number of rotatable bonds is 1. The number of anilines is 2. The molecular weight excluding hydrogens is 276 g/mol. The molecule has 0 bridgehead atoms. The molecule has 0 amide bonds. The molecule has 8 nitrogen and oxygen atoms in total. The van der Waals surface area contributed by atoms with Gasteiger partial charge in [0, 0.05) is 0 Å². The lowest BCUT2D eigenvalue weighted by atomic mass is 10.3. The fraction of sp³-hybridized carbons (Fsp3) is 0. The number of para-hydroxylation sites is 1. The Morgan fingerprint density at radius 3 is 2.00 bits per heavy atom. The third-order valence-electron chi connectivity index (χ3n) is 1.88. The number of halogens is 1. The monoisotopic (exact) mass is 286 g/mol. The Bertz CT molecular complexity index is 527. The first-order valence-corrected chi connectivity index (χ1v) is 6.11. The number of benzene rings is 1. The summed E-state index contributed by atoms with van der Waals surface area (Å²) < 4.78 is 35.6. The van der Waals surface area contributed by atoms with Gasteiger partial charge in [-0.3, -0.25) is 5.73 Å². The molecule has 0 aliphatic carbocycles. The molecule has 0 aliphatic heterocycles. The van der Waals surface area contributed by atoms with E-state index in [1.54, 1.807) is 16.9 Å². The second-order valence-electron chi connectivity index (χ2n) is 3.34. The van der Waals surface area contributed by atoms with E-state index in [-0.39, 0.29) is 0 Å². The molecule has 0 atom stereocenters. The van der Waals surface area contributed by atoms with Crippen LogP contribution in [0.4, 0.5) is 11.5 Å². The van der Waals surface area contributed by atoms with Gasteiger partial charge in [0.2, 0.25) is 0 Å². The van der Waals surface area contributed by atoms with Crippen molar-refractivity contribution in [1.82, 2.24) is 5.10 Å². The summed E-state index contributed by atoms with van der Waals surface area (Å²) in [5.74, 6) is 0.524. The molecule has 102 valence electrons. The van der Waals surface area contributed by atoms with Gasteiger partial charge in [-0.15, -0.1) is 10.2 Å². The molecule has 0 saturated heterocycles. The lowest BCUT2D eigenvalue weighted by Gasteiger charge is -2.17. The molecule has 4 N–H and O–H groups in total. The summed E-state index contributed by atoms with van der Waals surface area (Å²) in [7, 11) is -4.94. The lowest BCUT2D eigenvalue weighted by Crippen LogP contribution is -2.68. The first-order valence-electron chi connectivity index (χ1n) is 4.88. The van der Waals surface area contributed by atoms with Gasteiger partial charge in [-0.1, -0.05) is 28.0 Å². The van der Waals surface area contributed by atoms with Crippen LogP contribution < -0.4 is 34.8 Å². The minimum Gasteiger partial charge on any atom is -0.397 e. The van der Waals surface area contributed by atoms with E-state index in [2.05, 4.69) is 5.10 Å². The maximum Gasteiger partial charge on any atom is 0.300 e. The molecule has 1 aromatic heterocycles. The van der Waals surface area contributed by atoms with Crippen LogP contribution in [0, 0.1) is 10.2 Å². The van der Waals surface area contributed by atoms with Gasteiger partial charge < -0.3 is 5.73 Å². The molecule has 2 rings (SSSR count). The van der Waals surface area contributed by atoms with Gasteiger partial charge in [-0.2, -0.15) is 0 Å². The first kappa shape index (κ1) is 15.1. The van der Waals surface area contributed by atoms with Crippen LogP contribution in [0.25, 0.3) is 5.69 Å². The summed E-state index contributed by atoms with van der Waals surface area (Å²) in [6, 6.07) is 11.3. The second-order valence-corrected chi connectivity index (χ2v) is 4.10. The average Bonchev–Trinajstić information content (AvgIpc) is 2.28. The van der Waals surface area contributed by atoms with E-state index in [0.29, 0.717) is 11.5 Å². The topological polar surface area (TPSA) is 161 Å². The van der Waals surface area contributed by atoms with Gasteiger partial charge in [0.05, 0.1) is 18.0 Å². The molecule has 1 aromatic carbocycles. The highest BCUT2D eigenvalue weighted by Crippen LogP contribution is 2.04. The Hall–Kier alpha value is -1.97. The number of aromatic nitrogens is 2. The van der Waals surface area contributed by atoms with Crippen LogP contribution in [0.15, 0.2) is 42.6 Å². The van der Waals surface area contributed by atoms with Crippen LogP contribution >= 0.6 is 0 Å². The normalized spacial score (nSPS) is 10.5. The molecular formula is C10H11ClN4O4. The zero-order valence-corrected chi connectivity index (χ0v) is 10.4. The highest BCUT2D eigenvalue weighted by molar-refractivity contribution is 5.41. The third-order valence-corrected chi connectivity index (χ3v) is 1.88. The predicted octanol–water partition coefficient (Wildman–Crippen LogP) is -4.23. The molecule has 2 aromatic rings. The van der Waals surface area contributed by atoms with Crippen molar-refractivity contribution in [2.45, 2.75) is 0 Å². The maximum absolute atomic E-state index is 8.49. The number of nitrogens with zero attached hydrogens (tertiary/aromatic N) is 2. The summed E-state index contributed by atoms with van der Waals surface area (Å²) in [6.45, 7) is 0. The van der Waals surface area contributed by atoms with Gasteiger partial charge in [-0.05, 0) is 12.1 Å². The van der Waals surface area contributed by atoms with E-state index in [9.17, 15) is 0 Å². The van der Waals surface area contributed by atoms with Gasteiger partial charge >= 0.3 is 5.82 Å². The molecule has 0 saturated carbocycles. The van der Waals surface area contributed by atoms with Crippen LogP contribution in [-0.4, -0.2) is 5.10 Å². The Morgan fingerprint density at radius 2 is 1.53 bits per heavy atom. The largest absolute Gasteiger partial charge is 0.397 e. The number of hydrogen-bond acceptors (Lipinski definition) is 7. The minimum absolute atomic E-state index is 0.524. The van der Waals surface area contributed by atoms with Gasteiger partial charge in [0.15, 0.2) is 5.69 Å². The van der Waals surface area contributed by atoms with Crippen molar-refractivity contribution in [3.8, 4) is 5.69 Å². The van der Waals surface area contributed by atoms with Crippen molar-refractivity contribution in [2.24, 2.45) is 0 Å². The molecule has 19 heavy (non-hydrogen) atoms. The average molecular weight is 287 g/mol. The van der Waals surface area contributed by atoms with E-state index >= 15 is 0 Å². The molecule has 1 heterocycles. The Morgan fingerprint density at radius 1 is 1.00 bits per heavy atom. The van der Waals surface area contributed by atoms with Crippen LogP contribution in [0.1, 0.15) is 0 Å². The van der Waals surface area contributed by atoms with Crippen LogP contribution in [-0.2, 0) is 0 Å². The standard InChI is InChI=1S/C10H10N4.ClHO4/c11-8-6-10(12)14(13-7-8)9-4-2-1-3-5-9;2-1(3,4)5/h1-7H,(H3,11,12);(H,2,3,4,5). The van der Waals surface area contributed by atoms with Crippen LogP contribution in [0.5, 0.6) is 0 Å². The molecule has 9 heteroatoms. The van der Waals surface area contributed by atoms with E-state index < -0.39 is 10.2 Å². The van der Waals surface area contributed by atoms with Crippen molar-refractivity contribution in [2.75, 3.05) is 11.5 Å². The summed E-state index contributed by atoms with van der Waals surface area (Å²) >= 11 is 0. The Balaban J connectivity index is 0.000000312. The fourth-order valence-electron chi connectivity index (χ4n) is 1.25. The number of nitrogens with two attached hydrogens (primary N) is 2. The summed E-state index contributed by atoms with van der Waals surface area (Å²) in [5.41, 5.74) is 12.8. The lowest BCUT2D eigenvalue weighted by molar-refractivity contribution is -2.00. The van der Waals surface area contributed by atoms with E-state index in [0.717, 1.165) is 5.69 Å². The fourth-order valence-corrected chi connectivity index (χ4v) is 1.25. The molecule has 0 unspecified atom stereocenters. The first-order chi connectivity index (χ1) is 8.77. The number of hydrogen-bond donors (Lipinski definition) is 2. The van der Waals surface area contributed by atoms with Crippen LogP contribution in [0.3, 0.4) is 0 Å². The summed E-state index contributed by atoms with van der Waals surface area (Å²) in [5, 5.41) is 4.11. The van der Waals surface area contributed by atoms with Crippen molar-refractivity contribution < 1.29 is 33.6 Å². The molecule has 0 fully saturated rings. The quantitative estimate of drug-likeness (QED) is 0.502. The summed E-state index contributed by atoms with van der Waals surface area (Å²) in [4.78, 5) is 0. The van der Waals surface area contributed by atoms with Gasteiger partial charge in [0.1, 0.15) is 0 Å². The minimum atomic E-state index is -4.94. The second kappa shape index (κ2) is 6.27. The molecule has 0 aliphatic rings. The zero-order valence-electron chi connectivity index (χ0n) is 9.60. The van der Waals surface area contributed by atoms with Gasteiger partial charge in [-0.25, -0.2) is 18.6 Å². The van der Waals surface area contributed by atoms with E-state index in [4.69, 9.17) is 30.1 Å². The van der Waals surface area contributed by atoms with E-state index in [1.807, 2.05) is 30.3 Å². The zero-order chi connectivity index (χ0) is 14.5. The van der Waals surface area contributed by atoms with Crippen molar-refractivity contribution in [3.63, 3.8) is 0 Å². The Labute approximate surface area is 110 Å². The van der Waals surface area contributed by atoms with Crippen molar-refractivity contribution in [1.29, 1.82) is 0 Å². The van der Waals surface area contributed by atoms with Gasteiger partial charge in [0.25, 0.3) is 0 Å². The van der Waals surface area contributed by atoms with E-state index in [1.165, 1.54) is 0 Å². The SMILES string of the molecule is Nc1cn[n+](-c2ccccc2)c(N)c1.[O-][Cl+3]([O-])([O-])[O-]. The van der Waals surface area contributed by atoms with Crippen LogP contribution in [0.2, 0.25) is 0 Å². The predicted molar refractivity (Wildman–Crippen MR) is 54.6 cm³/mol. The molecule has 0 radical (unpaired) electrons. The Kier molecular flexibility index (Phi) is 4.98. The smallest absolute Gasteiger partial charge is 0.300 e. The van der Waals surface area contributed by atoms with Crippen molar-refractivity contribution >= 4 is 11.5 Å². The molecule has 0 spiro atoms. The highest BCUT2D eigenvalue weighted by Gasteiger charge is 2.08.